The van der Waals surface area contributed by atoms with Crippen LogP contribution in [-0.4, -0.2) is 27.7 Å². The van der Waals surface area contributed by atoms with Gasteiger partial charge in [0.15, 0.2) is 0 Å². The number of benzene rings is 1. The number of amides is 1. The molecule has 0 aliphatic rings. The van der Waals surface area contributed by atoms with Crippen LogP contribution in [0.25, 0.3) is 11.0 Å². The molecule has 0 saturated heterocycles. The number of fused-ring (bicyclic) bond motifs is 1. The highest BCUT2D eigenvalue weighted by Gasteiger charge is 2.23. The minimum Gasteiger partial charge on any atom is -0.458 e. The van der Waals surface area contributed by atoms with Gasteiger partial charge in [0.2, 0.25) is 5.91 Å². The number of aryl methyl sites for hydroxylation is 4. The summed E-state index contributed by atoms with van der Waals surface area (Å²) in [5.41, 5.74) is 6.40. The van der Waals surface area contributed by atoms with E-state index in [0.717, 1.165) is 35.9 Å². The predicted octanol–water partition coefficient (Wildman–Crippen LogP) is 5.45. The summed E-state index contributed by atoms with van der Waals surface area (Å²) in [6.45, 7) is 10.6. The van der Waals surface area contributed by atoms with Gasteiger partial charge in [-0.25, -0.2) is 0 Å². The van der Waals surface area contributed by atoms with Crippen molar-refractivity contribution >= 4 is 16.9 Å². The van der Waals surface area contributed by atoms with Gasteiger partial charge >= 0.3 is 0 Å². The average molecular weight is 490 g/mol. The molecule has 0 aliphatic heterocycles. The third kappa shape index (κ3) is 6.02. The van der Waals surface area contributed by atoms with Crippen molar-refractivity contribution in [1.29, 1.82) is 0 Å². The quantitative estimate of drug-likeness (QED) is 0.287. The molecule has 0 saturated carbocycles. The number of aliphatic hydroxyl groups excluding tert-OH is 1. The van der Waals surface area contributed by atoms with Crippen molar-refractivity contribution in [3.63, 3.8) is 0 Å². The van der Waals surface area contributed by atoms with E-state index in [2.05, 4.69) is 42.3 Å². The van der Waals surface area contributed by atoms with Gasteiger partial charge in [0, 0.05) is 23.8 Å². The highest BCUT2D eigenvalue weighted by Crippen LogP contribution is 2.32. The van der Waals surface area contributed by atoms with Crippen LogP contribution in [0.2, 0.25) is 0 Å². The molecule has 2 N–H and O–H groups in total. The Morgan fingerprint density at radius 2 is 1.94 bits per heavy atom. The van der Waals surface area contributed by atoms with E-state index in [4.69, 9.17) is 8.94 Å². The molecule has 7 nitrogen and oxygen atoms in total. The number of hydrogen-bond acceptors (Lipinski definition) is 6. The van der Waals surface area contributed by atoms with Crippen LogP contribution in [0.15, 0.2) is 45.5 Å². The Kier molecular flexibility index (Phi) is 7.89. The lowest BCUT2D eigenvalue weighted by Crippen LogP contribution is -2.26. The number of hydrogen-bond donors (Lipinski definition) is 2. The normalized spacial score (nSPS) is 13.2. The van der Waals surface area contributed by atoms with Crippen LogP contribution in [0, 0.1) is 33.6 Å². The number of rotatable bonds is 10. The standard InChI is InChI=1S/C29H35N3O4/c1-17(12-24-19(3)11-18(2)16-31-24)7-6-10-30-27(33)14-22-8-9-25-23(13-22)15-26(35-25)29(34)28-20(4)32-36-21(28)5/h8-9,11,13,15-17,29,34H,6-7,10,12,14H2,1-5H3,(H,30,33). The van der Waals surface area contributed by atoms with Crippen LogP contribution in [0.3, 0.4) is 0 Å². The summed E-state index contributed by atoms with van der Waals surface area (Å²) in [5.74, 6) is 1.49. The second kappa shape index (κ2) is 11.1. The molecule has 0 bridgehead atoms. The van der Waals surface area contributed by atoms with Gasteiger partial charge in [-0.1, -0.05) is 24.2 Å². The number of pyridine rings is 1. The van der Waals surface area contributed by atoms with E-state index in [1.54, 1.807) is 19.9 Å². The number of aliphatic hydroxyl groups is 1. The molecule has 0 radical (unpaired) electrons. The second-order valence-electron chi connectivity index (χ2n) is 9.92. The summed E-state index contributed by atoms with van der Waals surface area (Å²) >= 11 is 0. The van der Waals surface area contributed by atoms with Gasteiger partial charge in [0.25, 0.3) is 0 Å². The third-order valence-corrected chi connectivity index (χ3v) is 6.66. The smallest absolute Gasteiger partial charge is 0.224 e. The van der Waals surface area contributed by atoms with Gasteiger partial charge < -0.3 is 19.4 Å². The number of aromatic nitrogens is 2. The molecule has 36 heavy (non-hydrogen) atoms. The third-order valence-electron chi connectivity index (χ3n) is 6.66. The molecule has 7 heteroatoms. The van der Waals surface area contributed by atoms with Crippen molar-refractivity contribution in [3.8, 4) is 0 Å². The zero-order valence-corrected chi connectivity index (χ0v) is 21.7. The Morgan fingerprint density at radius 1 is 1.14 bits per heavy atom. The Morgan fingerprint density at radius 3 is 2.67 bits per heavy atom. The molecule has 190 valence electrons. The molecule has 0 aliphatic carbocycles. The van der Waals surface area contributed by atoms with Gasteiger partial charge in [-0.2, -0.15) is 0 Å². The molecule has 3 aromatic heterocycles. The molecule has 4 rings (SSSR count). The zero-order chi connectivity index (χ0) is 25.8. The van der Waals surface area contributed by atoms with Crippen LogP contribution in [-0.2, 0) is 17.6 Å². The maximum atomic E-state index is 12.5. The highest BCUT2D eigenvalue weighted by atomic mass is 16.5. The van der Waals surface area contributed by atoms with Crippen molar-refractivity contribution in [2.75, 3.05) is 6.54 Å². The van der Waals surface area contributed by atoms with Gasteiger partial charge in [-0.15, -0.1) is 0 Å². The molecule has 2 unspecified atom stereocenters. The summed E-state index contributed by atoms with van der Waals surface area (Å²) < 4.78 is 11.0. The summed E-state index contributed by atoms with van der Waals surface area (Å²) in [4.78, 5) is 17.1. The van der Waals surface area contributed by atoms with Crippen molar-refractivity contribution in [2.24, 2.45) is 5.92 Å². The first-order chi connectivity index (χ1) is 17.2. The molecule has 0 fully saturated rings. The average Bonchev–Trinajstić information content (AvgIpc) is 3.40. The Labute approximate surface area is 211 Å². The van der Waals surface area contributed by atoms with E-state index < -0.39 is 6.10 Å². The number of nitrogens with one attached hydrogen (secondary N) is 1. The lowest BCUT2D eigenvalue weighted by Gasteiger charge is -2.13. The molecule has 0 spiro atoms. The molecule has 1 amide bonds. The molecular formula is C29H35N3O4. The zero-order valence-electron chi connectivity index (χ0n) is 21.7. The van der Waals surface area contributed by atoms with Crippen LogP contribution in [0.4, 0.5) is 0 Å². The van der Waals surface area contributed by atoms with Crippen LogP contribution >= 0.6 is 0 Å². The SMILES string of the molecule is Cc1cnc(CC(C)CCCNC(=O)Cc2ccc3oc(C(O)c4c(C)noc4C)cc3c2)c(C)c1. The molecule has 1 aromatic carbocycles. The number of furan rings is 1. The van der Waals surface area contributed by atoms with E-state index in [-0.39, 0.29) is 5.91 Å². The minimum atomic E-state index is -0.955. The van der Waals surface area contributed by atoms with E-state index in [9.17, 15) is 9.90 Å². The van der Waals surface area contributed by atoms with Crippen LogP contribution in [0.1, 0.15) is 71.0 Å². The monoisotopic (exact) mass is 489 g/mol. The Hall–Kier alpha value is -3.45. The highest BCUT2D eigenvalue weighted by molar-refractivity contribution is 5.83. The topological polar surface area (TPSA) is 101 Å². The van der Waals surface area contributed by atoms with E-state index in [0.29, 0.717) is 47.2 Å². The maximum absolute atomic E-state index is 12.5. The maximum Gasteiger partial charge on any atom is 0.224 e. The minimum absolute atomic E-state index is 0.00229. The van der Waals surface area contributed by atoms with Crippen LogP contribution < -0.4 is 5.32 Å². The van der Waals surface area contributed by atoms with Crippen molar-refractivity contribution in [1.82, 2.24) is 15.5 Å². The summed E-state index contributed by atoms with van der Waals surface area (Å²) in [5, 5.41) is 18.5. The van der Waals surface area contributed by atoms with Gasteiger partial charge in [0.05, 0.1) is 17.7 Å². The summed E-state index contributed by atoms with van der Waals surface area (Å²) in [7, 11) is 0. The Balaban J connectivity index is 1.27. The van der Waals surface area contributed by atoms with E-state index >= 15 is 0 Å². The van der Waals surface area contributed by atoms with Crippen LogP contribution in [0.5, 0.6) is 0 Å². The molecule has 3 heterocycles. The predicted molar refractivity (Wildman–Crippen MR) is 139 cm³/mol. The second-order valence-corrected chi connectivity index (χ2v) is 9.92. The van der Waals surface area contributed by atoms with E-state index in [1.165, 1.54) is 11.1 Å². The van der Waals surface area contributed by atoms with Crippen molar-refractivity contribution in [3.05, 3.63) is 81.7 Å². The fourth-order valence-electron chi connectivity index (χ4n) is 4.70. The fourth-order valence-corrected chi connectivity index (χ4v) is 4.70. The molecule has 4 aromatic rings. The summed E-state index contributed by atoms with van der Waals surface area (Å²) in [6.07, 6.45) is 4.19. The molecular weight excluding hydrogens is 454 g/mol. The Bertz CT molecular complexity index is 1330. The largest absolute Gasteiger partial charge is 0.458 e. The summed E-state index contributed by atoms with van der Waals surface area (Å²) in [6, 6.07) is 9.64. The number of carbonyl (C=O) groups is 1. The fraction of sp³-hybridized carbons (Fsp3) is 0.414. The lowest BCUT2D eigenvalue weighted by atomic mass is 9.97. The first-order valence-corrected chi connectivity index (χ1v) is 12.5. The van der Waals surface area contributed by atoms with Gasteiger partial charge in [0.1, 0.15) is 23.2 Å². The van der Waals surface area contributed by atoms with Crippen molar-refractivity contribution in [2.45, 2.75) is 66.4 Å². The first-order valence-electron chi connectivity index (χ1n) is 12.5. The van der Waals surface area contributed by atoms with Crippen molar-refractivity contribution < 1.29 is 18.8 Å². The lowest BCUT2D eigenvalue weighted by molar-refractivity contribution is -0.120. The number of carbonyl (C=O) groups excluding carboxylic acids is 1. The first kappa shape index (κ1) is 25.6. The number of nitrogens with zero attached hydrogens (tertiary/aromatic N) is 2. The van der Waals surface area contributed by atoms with E-state index in [1.807, 2.05) is 24.4 Å². The molecule has 2 atom stereocenters. The van der Waals surface area contributed by atoms with Gasteiger partial charge in [-0.3, -0.25) is 9.78 Å². The van der Waals surface area contributed by atoms with Gasteiger partial charge in [-0.05, 0) is 87.8 Å².